The standard InChI is InChI=1S/C21H27N3O3S/c1-17-7-6-8-19(15-17)24(28(26,27)20-9-4-3-5-10-20)16-21(25)22-18-11-13-23(2)14-12-18/h3-10,15,18H,11-14,16H2,1-2H3,(H,22,25). The predicted molar refractivity (Wildman–Crippen MR) is 111 cm³/mol. The van der Waals surface area contributed by atoms with Crippen LogP contribution in [0.5, 0.6) is 0 Å². The maximum atomic E-state index is 13.3. The van der Waals surface area contributed by atoms with E-state index in [1.165, 1.54) is 4.31 Å². The lowest BCUT2D eigenvalue weighted by Crippen LogP contribution is -2.47. The molecule has 150 valence electrons. The molecule has 6 nitrogen and oxygen atoms in total. The normalized spacial score (nSPS) is 15.9. The molecule has 2 aromatic carbocycles. The van der Waals surface area contributed by atoms with Gasteiger partial charge in [0, 0.05) is 6.04 Å². The summed E-state index contributed by atoms with van der Waals surface area (Å²) in [5.41, 5.74) is 1.42. The van der Waals surface area contributed by atoms with Crippen LogP contribution in [-0.4, -0.2) is 51.9 Å². The van der Waals surface area contributed by atoms with Gasteiger partial charge in [-0.25, -0.2) is 8.42 Å². The Hall–Kier alpha value is -2.38. The number of amides is 1. The molecule has 1 amide bonds. The summed E-state index contributed by atoms with van der Waals surface area (Å²) in [4.78, 5) is 15.1. The Morgan fingerprint density at radius 3 is 2.43 bits per heavy atom. The Kier molecular flexibility index (Phi) is 6.36. The molecule has 3 rings (SSSR count). The van der Waals surface area contributed by atoms with E-state index in [0.29, 0.717) is 5.69 Å². The van der Waals surface area contributed by atoms with E-state index in [2.05, 4.69) is 17.3 Å². The van der Waals surface area contributed by atoms with Gasteiger partial charge in [0.15, 0.2) is 0 Å². The molecule has 28 heavy (non-hydrogen) atoms. The van der Waals surface area contributed by atoms with Gasteiger partial charge >= 0.3 is 0 Å². The lowest BCUT2D eigenvalue weighted by molar-refractivity contribution is -0.120. The lowest BCUT2D eigenvalue weighted by Gasteiger charge is -2.30. The molecule has 1 N–H and O–H groups in total. The van der Waals surface area contributed by atoms with Crippen LogP contribution in [0.1, 0.15) is 18.4 Å². The number of sulfonamides is 1. The largest absolute Gasteiger partial charge is 0.352 e. The fourth-order valence-electron chi connectivity index (χ4n) is 3.37. The number of hydrogen-bond acceptors (Lipinski definition) is 4. The molecule has 0 aliphatic carbocycles. The van der Waals surface area contributed by atoms with Gasteiger partial charge in [-0.05, 0) is 69.7 Å². The first-order valence-electron chi connectivity index (χ1n) is 9.48. The van der Waals surface area contributed by atoms with Gasteiger partial charge in [-0.15, -0.1) is 0 Å². The Balaban J connectivity index is 1.84. The van der Waals surface area contributed by atoms with Crippen LogP contribution in [0.3, 0.4) is 0 Å². The first-order valence-corrected chi connectivity index (χ1v) is 10.9. The van der Waals surface area contributed by atoms with Crippen molar-refractivity contribution >= 4 is 21.6 Å². The fraction of sp³-hybridized carbons (Fsp3) is 0.381. The number of nitrogens with zero attached hydrogens (tertiary/aromatic N) is 2. The number of aryl methyl sites for hydroxylation is 1. The summed E-state index contributed by atoms with van der Waals surface area (Å²) < 4.78 is 27.7. The second-order valence-corrected chi connectivity index (χ2v) is 9.17. The molecule has 2 aromatic rings. The van der Waals surface area contributed by atoms with Crippen molar-refractivity contribution in [1.82, 2.24) is 10.2 Å². The minimum absolute atomic E-state index is 0.0856. The highest BCUT2D eigenvalue weighted by molar-refractivity contribution is 7.92. The van der Waals surface area contributed by atoms with Gasteiger partial charge in [0.1, 0.15) is 6.54 Å². The van der Waals surface area contributed by atoms with E-state index in [0.717, 1.165) is 31.5 Å². The van der Waals surface area contributed by atoms with E-state index < -0.39 is 10.0 Å². The highest BCUT2D eigenvalue weighted by atomic mass is 32.2. The molecule has 7 heteroatoms. The number of benzene rings is 2. The number of carbonyl (C=O) groups excluding carboxylic acids is 1. The zero-order valence-electron chi connectivity index (χ0n) is 16.3. The molecular formula is C21H27N3O3S. The van der Waals surface area contributed by atoms with Gasteiger partial charge in [0.05, 0.1) is 10.6 Å². The van der Waals surface area contributed by atoms with Gasteiger partial charge < -0.3 is 10.2 Å². The SMILES string of the molecule is Cc1cccc(N(CC(=O)NC2CCN(C)CC2)S(=O)(=O)c2ccccc2)c1. The summed E-state index contributed by atoms with van der Waals surface area (Å²) in [6, 6.07) is 15.5. The van der Waals surface area contributed by atoms with Crippen LogP contribution in [0, 0.1) is 6.92 Å². The minimum atomic E-state index is -3.85. The van der Waals surface area contributed by atoms with Crippen LogP contribution in [0.15, 0.2) is 59.5 Å². The third-order valence-electron chi connectivity index (χ3n) is 4.99. The average Bonchev–Trinajstić information content (AvgIpc) is 2.68. The third-order valence-corrected chi connectivity index (χ3v) is 6.78. The number of hydrogen-bond donors (Lipinski definition) is 1. The topological polar surface area (TPSA) is 69.7 Å². The molecule has 1 aliphatic heterocycles. The predicted octanol–water partition coefficient (Wildman–Crippen LogP) is 2.40. The van der Waals surface area contributed by atoms with Crippen molar-refractivity contribution in [3.8, 4) is 0 Å². The zero-order chi connectivity index (χ0) is 20.1. The van der Waals surface area contributed by atoms with E-state index in [4.69, 9.17) is 0 Å². The number of piperidine rings is 1. The van der Waals surface area contributed by atoms with Gasteiger partial charge in [0.2, 0.25) is 5.91 Å². The van der Waals surface area contributed by atoms with Crippen molar-refractivity contribution < 1.29 is 13.2 Å². The van der Waals surface area contributed by atoms with Crippen LogP contribution < -0.4 is 9.62 Å². The number of rotatable bonds is 6. The zero-order valence-corrected chi connectivity index (χ0v) is 17.2. The van der Waals surface area contributed by atoms with Crippen molar-refractivity contribution in [1.29, 1.82) is 0 Å². The van der Waals surface area contributed by atoms with Gasteiger partial charge in [-0.2, -0.15) is 0 Å². The minimum Gasteiger partial charge on any atom is -0.352 e. The second-order valence-electron chi connectivity index (χ2n) is 7.31. The third kappa shape index (κ3) is 4.91. The quantitative estimate of drug-likeness (QED) is 0.807. The Morgan fingerprint density at radius 1 is 1.11 bits per heavy atom. The number of carbonyl (C=O) groups is 1. The summed E-state index contributed by atoms with van der Waals surface area (Å²) in [5, 5.41) is 3.01. The van der Waals surface area contributed by atoms with Gasteiger partial charge in [-0.3, -0.25) is 9.10 Å². The molecule has 1 fully saturated rings. The first-order chi connectivity index (χ1) is 13.4. The first kappa shape index (κ1) is 20.4. The molecular weight excluding hydrogens is 374 g/mol. The van der Waals surface area contributed by atoms with Crippen LogP contribution in [0.2, 0.25) is 0 Å². The summed E-state index contributed by atoms with van der Waals surface area (Å²) in [6.07, 6.45) is 1.75. The molecule has 0 atom stereocenters. The van der Waals surface area contributed by atoms with Crippen molar-refractivity contribution in [2.24, 2.45) is 0 Å². The van der Waals surface area contributed by atoms with Crippen LogP contribution >= 0.6 is 0 Å². The Bertz CT molecular complexity index is 908. The maximum absolute atomic E-state index is 13.3. The highest BCUT2D eigenvalue weighted by Gasteiger charge is 2.28. The molecule has 1 aliphatic rings. The van der Waals surface area contributed by atoms with E-state index in [9.17, 15) is 13.2 Å². The van der Waals surface area contributed by atoms with E-state index in [1.807, 2.05) is 13.0 Å². The molecule has 0 unspecified atom stereocenters. The number of anilines is 1. The van der Waals surface area contributed by atoms with E-state index in [-0.39, 0.29) is 23.4 Å². The van der Waals surface area contributed by atoms with Crippen molar-refractivity contribution in [2.75, 3.05) is 31.0 Å². The number of nitrogens with one attached hydrogen (secondary N) is 1. The molecule has 0 radical (unpaired) electrons. The monoisotopic (exact) mass is 401 g/mol. The van der Waals surface area contributed by atoms with Crippen LogP contribution in [0.25, 0.3) is 0 Å². The fourth-order valence-corrected chi connectivity index (χ4v) is 4.81. The maximum Gasteiger partial charge on any atom is 0.264 e. The Morgan fingerprint density at radius 2 is 1.79 bits per heavy atom. The highest BCUT2D eigenvalue weighted by Crippen LogP contribution is 2.24. The van der Waals surface area contributed by atoms with Crippen molar-refractivity contribution in [3.05, 3.63) is 60.2 Å². The smallest absolute Gasteiger partial charge is 0.264 e. The molecule has 0 saturated carbocycles. The van der Waals surface area contributed by atoms with E-state index >= 15 is 0 Å². The summed E-state index contributed by atoms with van der Waals surface area (Å²) in [7, 11) is -1.79. The summed E-state index contributed by atoms with van der Waals surface area (Å²) in [5.74, 6) is -0.282. The molecule has 1 heterocycles. The number of likely N-dealkylation sites (tertiary alicyclic amines) is 1. The van der Waals surface area contributed by atoms with Crippen molar-refractivity contribution in [3.63, 3.8) is 0 Å². The summed E-state index contributed by atoms with van der Waals surface area (Å²) >= 11 is 0. The van der Waals surface area contributed by atoms with Crippen LogP contribution in [0.4, 0.5) is 5.69 Å². The van der Waals surface area contributed by atoms with Gasteiger partial charge in [-0.1, -0.05) is 30.3 Å². The summed E-state index contributed by atoms with van der Waals surface area (Å²) in [6.45, 7) is 3.51. The lowest BCUT2D eigenvalue weighted by atomic mass is 10.1. The molecule has 1 saturated heterocycles. The van der Waals surface area contributed by atoms with Crippen LogP contribution in [-0.2, 0) is 14.8 Å². The average molecular weight is 402 g/mol. The molecule has 0 bridgehead atoms. The molecule has 0 aromatic heterocycles. The molecule has 0 spiro atoms. The second kappa shape index (κ2) is 8.75. The van der Waals surface area contributed by atoms with E-state index in [1.54, 1.807) is 48.5 Å². The van der Waals surface area contributed by atoms with Crippen molar-refractivity contribution in [2.45, 2.75) is 30.7 Å². The van der Waals surface area contributed by atoms with Gasteiger partial charge in [0.25, 0.3) is 10.0 Å². The Labute approximate surface area is 167 Å².